The molecule has 4 nitrogen and oxygen atoms in total. The van der Waals surface area contributed by atoms with Gasteiger partial charge in [-0.05, 0) is 17.7 Å². The number of carbonyl (C=O) groups excluding carboxylic acids is 1. The van der Waals surface area contributed by atoms with E-state index in [0.29, 0.717) is 12.2 Å². The topological polar surface area (TPSA) is 46.9 Å². The minimum atomic E-state index is -0.124. The summed E-state index contributed by atoms with van der Waals surface area (Å²) in [4.78, 5) is 11.8. The first-order valence-corrected chi connectivity index (χ1v) is 5.97. The first kappa shape index (κ1) is 11.9. The van der Waals surface area contributed by atoms with Crippen molar-refractivity contribution in [3.05, 3.63) is 52.3 Å². The molecule has 0 unspecified atom stereocenters. The Hall–Kier alpha value is -1.62. The van der Waals surface area contributed by atoms with Crippen molar-refractivity contribution in [2.75, 3.05) is 0 Å². The average molecular weight is 294 g/mol. The summed E-state index contributed by atoms with van der Waals surface area (Å²) in [6, 6.07) is 9.49. The Morgan fingerprint density at radius 1 is 1.41 bits per heavy atom. The molecule has 88 valence electrons. The van der Waals surface area contributed by atoms with Crippen LogP contribution < -0.4 is 5.32 Å². The molecule has 0 aliphatic carbocycles. The number of nitrogens with zero attached hydrogens (tertiary/aromatic N) is 2. The van der Waals surface area contributed by atoms with Gasteiger partial charge in [0.15, 0.2) is 0 Å². The maximum atomic E-state index is 11.8. The Morgan fingerprint density at radius 2 is 2.18 bits per heavy atom. The molecule has 1 aromatic carbocycles. The molecule has 0 fully saturated rings. The van der Waals surface area contributed by atoms with E-state index in [2.05, 4.69) is 26.3 Å². The highest BCUT2D eigenvalue weighted by atomic mass is 79.9. The first-order chi connectivity index (χ1) is 8.18. The van der Waals surface area contributed by atoms with Gasteiger partial charge in [0.2, 0.25) is 0 Å². The number of carbonyl (C=O) groups is 1. The number of halogens is 1. The van der Waals surface area contributed by atoms with Crippen molar-refractivity contribution >= 4 is 21.8 Å². The molecule has 17 heavy (non-hydrogen) atoms. The molecule has 0 saturated carbocycles. The zero-order valence-corrected chi connectivity index (χ0v) is 10.9. The van der Waals surface area contributed by atoms with Gasteiger partial charge in [-0.3, -0.25) is 9.48 Å². The van der Waals surface area contributed by atoms with Gasteiger partial charge in [-0.15, -0.1) is 0 Å². The smallest absolute Gasteiger partial charge is 0.269 e. The van der Waals surface area contributed by atoms with Crippen LogP contribution in [-0.2, 0) is 13.6 Å². The molecular formula is C12H12BrN3O. The van der Waals surface area contributed by atoms with Gasteiger partial charge in [0.05, 0.1) is 0 Å². The second-order valence-electron chi connectivity index (χ2n) is 3.61. The number of rotatable bonds is 3. The Balaban J connectivity index is 2.02. The highest BCUT2D eigenvalue weighted by Crippen LogP contribution is 2.15. The van der Waals surface area contributed by atoms with Gasteiger partial charge < -0.3 is 5.32 Å². The van der Waals surface area contributed by atoms with Crippen molar-refractivity contribution in [1.29, 1.82) is 0 Å². The highest BCUT2D eigenvalue weighted by molar-refractivity contribution is 9.10. The number of amides is 1. The molecule has 0 saturated heterocycles. The zero-order valence-electron chi connectivity index (χ0n) is 9.35. The number of nitrogens with one attached hydrogen (secondary N) is 1. The van der Waals surface area contributed by atoms with Gasteiger partial charge in [-0.25, -0.2) is 0 Å². The summed E-state index contributed by atoms with van der Waals surface area (Å²) >= 11 is 3.44. The van der Waals surface area contributed by atoms with E-state index < -0.39 is 0 Å². The molecule has 2 rings (SSSR count). The van der Waals surface area contributed by atoms with Crippen molar-refractivity contribution in [3.63, 3.8) is 0 Å². The van der Waals surface area contributed by atoms with Crippen LogP contribution in [0.25, 0.3) is 0 Å². The summed E-state index contributed by atoms with van der Waals surface area (Å²) in [5.41, 5.74) is 1.60. The fourth-order valence-electron chi connectivity index (χ4n) is 1.50. The standard InChI is InChI=1S/C12H12BrN3O/c1-16-11(6-7-15-16)12(17)14-8-9-4-2-3-5-10(9)13/h2-7H,8H2,1H3,(H,14,17). The van der Waals surface area contributed by atoms with Crippen LogP contribution in [0.5, 0.6) is 0 Å². The van der Waals surface area contributed by atoms with Crippen LogP contribution in [0.4, 0.5) is 0 Å². The van der Waals surface area contributed by atoms with E-state index in [1.54, 1.807) is 24.0 Å². The van der Waals surface area contributed by atoms with Crippen LogP contribution in [0.1, 0.15) is 16.1 Å². The maximum absolute atomic E-state index is 11.8. The zero-order chi connectivity index (χ0) is 12.3. The summed E-state index contributed by atoms with van der Waals surface area (Å²) in [5.74, 6) is -0.124. The number of aryl methyl sites for hydroxylation is 1. The van der Waals surface area contributed by atoms with Gasteiger partial charge in [0.25, 0.3) is 5.91 Å². The lowest BCUT2D eigenvalue weighted by atomic mass is 10.2. The second-order valence-corrected chi connectivity index (χ2v) is 4.47. The highest BCUT2D eigenvalue weighted by Gasteiger charge is 2.09. The maximum Gasteiger partial charge on any atom is 0.269 e. The molecule has 0 aliphatic rings. The van der Waals surface area contributed by atoms with Gasteiger partial charge in [0, 0.05) is 24.3 Å². The van der Waals surface area contributed by atoms with E-state index in [1.807, 2.05) is 24.3 Å². The second kappa shape index (κ2) is 5.14. The Morgan fingerprint density at radius 3 is 2.82 bits per heavy atom. The fraction of sp³-hybridized carbons (Fsp3) is 0.167. The van der Waals surface area contributed by atoms with Crippen molar-refractivity contribution in [3.8, 4) is 0 Å². The third kappa shape index (κ3) is 2.74. The van der Waals surface area contributed by atoms with Gasteiger partial charge in [-0.1, -0.05) is 34.1 Å². The van der Waals surface area contributed by atoms with E-state index in [0.717, 1.165) is 10.0 Å². The predicted octanol–water partition coefficient (Wildman–Crippen LogP) is 2.11. The number of hydrogen-bond acceptors (Lipinski definition) is 2. The molecule has 2 aromatic rings. The molecule has 5 heteroatoms. The van der Waals surface area contributed by atoms with Crippen molar-refractivity contribution in [1.82, 2.24) is 15.1 Å². The third-order valence-corrected chi connectivity index (χ3v) is 3.22. The van der Waals surface area contributed by atoms with Crippen LogP contribution in [-0.4, -0.2) is 15.7 Å². The van der Waals surface area contributed by atoms with Crippen LogP contribution in [0.2, 0.25) is 0 Å². The van der Waals surface area contributed by atoms with E-state index in [-0.39, 0.29) is 5.91 Å². The van der Waals surface area contributed by atoms with E-state index in [9.17, 15) is 4.79 Å². The fourth-order valence-corrected chi connectivity index (χ4v) is 1.93. The molecule has 1 aromatic heterocycles. The minimum Gasteiger partial charge on any atom is -0.347 e. The van der Waals surface area contributed by atoms with E-state index in [4.69, 9.17) is 0 Å². The lowest BCUT2D eigenvalue weighted by molar-refractivity contribution is 0.0941. The molecule has 1 N–H and O–H groups in total. The molecule has 1 heterocycles. The first-order valence-electron chi connectivity index (χ1n) is 5.18. The number of aromatic nitrogens is 2. The SMILES string of the molecule is Cn1nccc1C(=O)NCc1ccccc1Br. The number of benzene rings is 1. The van der Waals surface area contributed by atoms with E-state index in [1.165, 1.54) is 0 Å². The monoisotopic (exact) mass is 293 g/mol. The van der Waals surface area contributed by atoms with Crippen molar-refractivity contribution in [2.45, 2.75) is 6.54 Å². The lowest BCUT2D eigenvalue weighted by Gasteiger charge is -2.07. The summed E-state index contributed by atoms with van der Waals surface area (Å²) in [7, 11) is 1.74. The summed E-state index contributed by atoms with van der Waals surface area (Å²) in [6.45, 7) is 0.492. The largest absolute Gasteiger partial charge is 0.347 e. The van der Waals surface area contributed by atoms with E-state index >= 15 is 0 Å². The molecule has 1 amide bonds. The molecule has 0 spiro atoms. The Kier molecular flexibility index (Phi) is 3.58. The quantitative estimate of drug-likeness (QED) is 0.942. The summed E-state index contributed by atoms with van der Waals surface area (Å²) in [5, 5.41) is 6.81. The summed E-state index contributed by atoms with van der Waals surface area (Å²) < 4.78 is 2.54. The van der Waals surface area contributed by atoms with Gasteiger partial charge in [-0.2, -0.15) is 5.10 Å². The Bertz CT molecular complexity index is 536. The van der Waals surface area contributed by atoms with Crippen LogP contribution in [0.15, 0.2) is 41.0 Å². The average Bonchev–Trinajstić information content (AvgIpc) is 2.74. The van der Waals surface area contributed by atoms with Gasteiger partial charge in [0.1, 0.15) is 5.69 Å². The molecule has 0 aliphatic heterocycles. The molecule has 0 radical (unpaired) electrons. The van der Waals surface area contributed by atoms with Crippen molar-refractivity contribution < 1.29 is 4.79 Å². The lowest BCUT2D eigenvalue weighted by Crippen LogP contribution is -2.25. The molecular weight excluding hydrogens is 282 g/mol. The number of hydrogen-bond donors (Lipinski definition) is 1. The molecule has 0 atom stereocenters. The van der Waals surface area contributed by atoms with Crippen LogP contribution >= 0.6 is 15.9 Å². The Labute approximate surface area is 108 Å². The summed E-state index contributed by atoms with van der Waals surface area (Å²) in [6.07, 6.45) is 1.60. The van der Waals surface area contributed by atoms with Crippen LogP contribution in [0.3, 0.4) is 0 Å². The van der Waals surface area contributed by atoms with Crippen LogP contribution in [0, 0.1) is 0 Å². The normalized spacial score (nSPS) is 10.2. The van der Waals surface area contributed by atoms with Crippen molar-refractivity contribution in [2.24, 2.45) is 7.05 Å². The molecule has 0 bridgehead atoms. The van der Waals surface area contributed by atoms with Gasteiger partial charge >= 0.3 is 0 Å². The predicted molar refractivity (Wildman–Crippen MR) is 68.5 cm³/mol. The minimum absolute atomic E-state index is 0.124. The third-order valence-electron chi connectivity index (χ3n) is 2.45.